The molecule has 0 amide bonds. The summed E-state index contributed by atoms with van der Waals surface area (Å²) in [6, 6.07) is 6.59. The Bertz CT molecular complexity index is 509. The first kappa shape index (κ1) is 16.0. The van der Waals surface area contributed by atoms with Gasteiger partial charge in [0.15, 0.2) is 0 Å². The predicted molar refractivity (Wildman–Crippen MR) is 69.9 cm³/mol. The molecule has 0 saturated heterocycles. The third kappa shape index (κ3) is 3.70. The fourth-order valence-electron chi connectivity index (χ4n) is 1.79. The van der Waals surface area contributed by atoms with Crippen molar-refractivity contribution in [1.82, 2.24) is 0 Å². The Morgan fingerprint density at radius 1 is 1.45 bits per heavy atom. The van der Waals surface area contributed by atoms with Gasteiger partial charge >= 0.3 is 5.97 Å². The third-order valence-electron chi connectivity index (χ3n) is 2.75. The summed E-state index contributed by atoms with van der Waals surface area (Å²) in [6.07, 6.45) is -3.07. The van der Waals surface area contributed by atoms with E-state index in [2.05, 4.69) is 0 Å². The molecule has 0 aliphatic rings. The van der Waals surface area contributed by atoms with Crippen molar-refractivity contribution in [3.05, 3.63) is 29.3 Å². The van der Waals surface area contributed by atoms with Gasteiger partial charge in [-0.1, -0.05) is 12.1 Å². The number of carbonyl (C=O) groups excluding carboxylic acids is 1. The van der Waals surface area contributed by atoms with Crippen molar-refractivity contribution >= 4 is 5.97 Å². The fourth-order valence-corrected chi connectivity index (χ4v) is 1.79. The maximum Gasteiger partial charge on any atom is 0.308 e. The molecule has 1 aromatic carbocycles. The maximum absolute atomic E-state index is 11.3. The van der Waals surface area contributed by atoms with E-state index in [9.17, 15) is 15.0 Å². The summed E-state index contributed by atoms with van der Waals surface area (Å²) < 4.78 is 9.72. The number of hydrogen-bond acceptors (Lipinski definition) is 6. The van der Waals surface area contributed by atoms with E-state index < -0.39 is 18.2 Å². The topological polar surface area (TPSA) is 99.8 Å². The lowest BCUT2D eigenvalue weighted by Gasteiger charge is -2.19. The van der Waals surface area contributed by atoms with Crippen LogP contribution in [-0.4, -0.2) is 36.0 Å². The number of hydrogen-bond donors (Lipinski definition) is 2. The van der Waals surface area contributed by atoms with E-state index in [0.29, 0.717) is 5.75 Å². The second-order valence-electron chi connectivity index (χ2n) is 4.06. The molecule has 0 bridgehead atoms. The Morgan fingerprint density at radius 2 is 2.15 bits per heavy atom. The minimum Gasteiger partial charge on any atom is -0.495 e. The molecule has 20 heavy (non-hydrogen) atoms. The van der Waals surface area contributed by atoms with Crippen molar-refractivity contribution in [2.75, 3.05) is 13.7 Å². The number of methoxy groups -OCH3 is 1. The maximum atomic E-state index is 11.3. The summed E-state index contributed by atoms with van der Waals surface area (Å²) in [6.45, 7) is 1.85. The molecule has 0 aliphatic carbocycles. The molecule has 0 heterocycles. The Kier molecular flexibility index (Phi) is 5.97. The molecule has 0 radical (unpaired) electrons. The Morgan fingerprint density at radius 3 is 2.70 bits per heavy atom. The number of esters is 1. The molecule has 2 unspecified atom stereocenters. The second kappa shape index (κ2) is 7.48. The molecule has 0 aromatic heterocycles. The number of nitriles is 1. The summed E-state index contributed by atoms with van der Waals surface area (Å²) in [4.78, 5) is 11.3. The van der Waals surface area contributed by atoms with Crippen molar-refractivity contribution in [2.24, 2.45) is 0 Å². The summed E-state index contributed by atoms with van der Waals surface area (Å²) in [5.74, 6) is -0.312. The molecule has 1 aromatic rings. The van der Waals surface area contributed by atoms with Crippen LogP contribution < -0.4 is 4.74 Å². The standard InChI is InChI=1S/C14H17NO5/c1-3-20-13(17)7-11(16)14(18)9-5-4-6-12(19-2)10(9)8-15/h4-6,11,14,16,18H,3,7H2,1-2H3. The van der Waals surface area contributed by atoms with Crippen LogP contribution in [0.15, 0.2) is 18.2 Å². The van der Waals surface area contributed by atoms with Gasteiger partial charge in [0, 0.05) is 5.56 Å². The number of carbonyl (C=O) groups is 1. The zero-order valence-corrected chi connectivity index (χ0v) is 11.4. The molecule has 6 nitrogen and oxygen atoms in total. The van der Waals surface area contributed by atoms with Crippen molar-refractivity contribution < 1.29 is 24.5 Å². The van der Waals surface area contributed by atoms with Gasteiger partial charge in [0.05, 0.1) is 31.8 Å². The molecule has 0 fully saturated rings. The lowest BCUT2D eigenvalue weighted by molar-refractivity contribution is -0.147. The van der Waals surface area contributed by atoms with Gasteiger partial charge in [0.25, 0.3) is 0 Å². The van der Waals surface area contributed by atoms with Crippen molar-refractivity contribution in [1.29, 1.82) is 5.26 Å². The van der Waals surface area contributed by atoms with Crippen LogP contribution in [0.2, 0.25) is 0 Å². The van der Waals surface area contributed by atoms with Crippen LogP contribution >= 0.6 is 0 Å². The third-order valence-corrected chi connectivity index (χ3v) is 2.75. The van der Waals surface area contributed by atoms with Crippen LogP contribution in [0.4, 0.5) is 0 Å². The predicted octanol–water partition coefficient (Wildman–Crippen LogP) is 0.914. The molecular weight excluding hydrogens is 262 g/mol. The fraction of sp³-hybridized carbons (Fsp3) is 0.429. The van der Waals surface area contributed by atoms with E-state index >= 15 is 0 Å². The largest absolute Gasteiger partial charge is 0.495 e. The molecule has 6 heteroatoms. The van der Waals surface area contributed by atoms with Gasteiger partial charge < -0.3 is 19.7 Å². The number of aliphatic hydroxyl groups is 2. The molecule has 2 N–H and O–H groups in total. The first-order valence-corrected chi connectivity index (χ1v) is 6.13. The van der Waals surface area contributed by atoms with Gasteiger partial charge in [0.1, 0.15) is 17.9 Å². The van der Waals surface area contributed by atoms with Crippen LogP contribution in [0.25, 0.3) is 0 Å². The molecule has 0 saturated carbocycles. The SMILES string of the molecule is CCOC(=O)CC(O)C(O)c1cccc(OC)c1C#N. The minimum absolute atomic E-state index is 0.130. The van der Waals surface area contributed by atoms with Crippen molar-refractivity contribution in [3.63, 3.8) is 0 Å². The number of nitrogens with zero attached hydrogens (tertiary/aromatic N) is 1. The van der Waals surface area contributed by atoms with E-state index in [1.165, 1.54) is 13.2 Å². The van der Waals surface area contributed by atoms with Crippen LogP contribution in [0.5, 0.6) is 5.75 Å². The highest BCUT2D eigenvalue weighted by molar-refractivity contribution is 5.70. The van der Waals surface area contributed by atoms with E-state index in [4.69, 9.17) is 14.7 Å². The summed E-state index contributed by atoms with van der Waals surface area (Å²) in [7, 11) is 1.40. The summed E-state index contributed by atoms with van der Waals surface area (Å²) >= 11 is 0. The Balaban J connectivity index is 2.94. The van der Waals surface area contributed by atoms with Gasteiger partial charge in [-0.15, -0.1) is 0 Å². The van der Waals surface area contributed by atoms with Crippen LogP contribution in [0.1, 0.15) is 30.6 Å². The average Bonchev–Trinajstić information content (AvgIpc) is 2.45. The van der Waals surface area contributed by atoms with Crippen molar-refractivity contribution in [2.45, 2.75) is 25.6 Å². The van der Waals surface area contributed by atoms with E-state index in [1.54, 1.807) is 19.1 Å². The van der Waals surface area contributed by atoms with E-state index in [-0.39, 0.29) is 24.2 Å². The zero-order valence-electron chi connectivity index (χ0n) is 11.4. The Hall–Kier alpha value is -2.10. The molecule has 0 aliphatic heterocycles. The minimum atomic E-state index is -1.37. The molecule has 108 valence electrons. The van der Waals surface area contributed by atoms with Gasteiger partial charge in [-0.3, -0.25) is 4.79 Å². The van der Waals surface area contributed by atoms with Gasteiger partial charge in [-0.25, -0.2) is 0 Å². The van der Waals surface area contributed by atoms with E-state index in [0.717, 1.165) is 0 Å². The first-order chi connectivity index (χ1) is 9.54. The van der Waals surface area contributed by atoms with Crippen LogP contribution in [0.3, 0.4) is 0 Å². The number of rotatable bonds is 6. The highest BCUT2D eigenvalue weighted by Crippen LogP contribution is 2.28. The quantitative estimate of drug-likeness (QED) is 0.751. The number of ether oxygens (including phenoxy) is 2. The zero-order chi connectivity index (χ0) is 15.1. The highest BCUT2D eigenvalue weighted by Gasteiger charge is 2.25. The molecule has 1 rings (SSSR count). The molecule has 0 spiro atoms. The number of aliphatic hydroxyl groups excluding tert-OH is 2. The smallest absolute Gasteiger partial charge is 0.308 e. The monoisotopic (exact) mass is 279 g/mol. The summed E-state index contributed by atoms with van der Waals surface area (Å²) in [5, 5.41) is 29.0. The highest BCUT2D eigenvalue weighted by atomic mass is 16.5. The Labute approximate surface area is 117 Å². The number of benzene rings is 1. The summed E-state index contributed by atoms with van der Waals surface area (Å²) in [5.41, 5.74) is 0.342. The normalized spacial score (nSPS) is 13.2. The van der Waals surface area contributed by atoms with Gasteiger partial charge in [0.2, 0.25) is 0 Å². The van der Waals surface area contributed by atoms with Crippen LogP contribution in [0, 0.1) is 11.3 Å². The van der Waals surface area contributed by atoms with E-state index in [1.807, 2.05) is 6.07 Å². The van der Waals surface area contributed by atoms with Gasteiger partial charge in [-0.05, 0) is 13.0 Å². The lowest BCUT2D eigenvalue weighted by Crippen LogP contribution is -2.23. The second-order valence-corrected chi connectivity index (χ2v) is 4.06. The first-order valence-electron chi connectivity index (χ1n) is 6.13. The lowest BCUT2D eigenvalue weighted by atomic mass is 9.97. The van der Waals surface area contributed by atoms with Gasteiger partial charge in [-0.2, -0.15) is 5.26 Å². The molecule has 2 atom stereocenters. The van der Waals surface area contributed by atoms with Crippen LogP contribution in [-0.2, 0) is 9.53 Å². The molecular formula is C14H17NO5. The van der Waals surface area contributed by atoms with Crippen molar-refractivity contribution in [3.8, 4) is 11.8 Å². The average molecular weight is 279 g/mol.